The number of nitrogens with zero attached hydrogens (tertiary/aromatic N) is 1. The van der Waals surface area contributed by atoms with Crippen molar-refractivity contribution in [3.8, 4) is 0 Å². The number of benzene rings is 1. The predicted molar refractivity (Wildman–Crippen MR) is 210 cm³/mol. The number of aromatic amines is 2. The number of carbonyl (C=O) groups is 7. The van der Waals surface area contributed by atoms with Gasteiger partial charge < -0.3 is 52.5 Å². The number of carboxylic acid groups (broad SMARTS) is 2. The molecule has 312 valence electrons. The van der Waals surface area contributed by atoms with Gasteiger partial charge in [-0.1, -0.05) is 72.6 Å². The number of H-pyrrole nitrogens is 2. The summed E-state index contributed by atoms with van der Waals surface area (Å²) in [6, 6.07) is -0.367. The SMILES string of the molecule is CCC(C)[C@H](NC(=O)[C@H](CC(=O)O)NC(=O)[C@H](CC(C)C)NC(=O)[C@@H](N)Cc1cnc[nH]1)C(=O)N[C@H](C(=O)N[C@@H](Cc1c[nH]c2ccccc12)C(=O)O)C(C)CC. The van der Waals surface area contributed by atoms with Crippen LogP contribution < -0.4 is 32.3 Å². The molecular formula is C39H57N9O9. The van der Waals surface area contributed by atoms with E-state index >= 15 is 0 Å². The number of aromatic nitrogens is 3. The Morgan fingerprint density at radius 1 is 0.719 bits per heavy atom. The molecule has 2 heterocycles. The Labute approximate surface area is 331 Å². The maximum absolute atomic E-state index is 13.9. The molecule has 0 aliphatic carbocycles. The molecule has 3 aromatic rings. The zero-order chi connectivity index (χ0) is 42.4. The van der Waals surface area contributed by atoms with E-state index in [2.05, 4.69) is 41.5 Å². The highest BCUT2D eigenvalue weighted by atomic mass is 16.4. The maximum Gasteiger partial charge on any atom is 0.326 e. The third-order valence-corrected chi connectivity index (χ3v) is 9.98. The summed E-state index contributed by atoms with van der Waals surface area (Å²) in [4.78, 5) is 102. The van der Waals surface area contributed by atoms with Gasteiger partial charge in [0.05, 0.1) is 18.8 Å². The number of amides is 5. The molecule has 2 aromatic heterocycles. The van der Waals surface area contributed by atoms with Crippen LogP contribution in [0.4, 0.5) is 0 Å². The van der Waals surface area contributed by atoms with Crippen LogP contribution in [0.1, 0.15) is 78.5 Å². The van der Waals surface area contributed by atoms with Crippen molar-refractivity contribution >= 4 is 52.4 Å². The Bertz CT molecular complexity index is 1840. The highest BCUT2D eigenvalue weighted by Gasteiger charge is 2.36. The van der Waals surface area contributed by atoms with Gasteiger partial charge in [0.25, 0.3) is 0 Å². The van der Waals surface area contributed by atoms with Crippen molar-refractivity contribution in [1.82, 2.24) is 41.5 Å². The normalized spacial score (nSPS) is 15.6. The van der Waals surface area contributed by atoms with Crippen LogP contribution in [0.2, 0.25) is 0 Å². The molecule has 0 saturated heterocycles. The second-order valence-electron chi connectivity index (χ2n) is 14.9. The molecule has 0 aliphatic rings. The van der Waals surface area contributed by atoms with Crippen molar-refractivity contribution in [3.63, 3.8) is 0 Å². The van der Waals surface area contributed by atoms with Gasteiger partial charge in [0.1, 0.15) is 30.2 Å². The Hall–Kier alpha value is -5.78. The number of nitrogens with two attached hydrogens (primary N) is 1. The Balaban J connectivity index is 1.78. The van der Waals surface area contributed by atoms with Gasteiger partial charge in [-0.3, -0.25) is 28.8 Å². The standard InChI is InChI=1S/C39H57N9O9/c1-7-21(5)32(37(54)46-30(39(56)57)14-23-17-42-27-12-10-9-11-25(23)27)48-38(55)33(22(6)8-2)47-36(53)29(16-31(49)50)45-35(52)28(13-20(3)4)44-34(51)26(40)15-24-18-41-19-43-24/h9-12,17-22,26,28-30,32-33,42H,7-8,13-16,40H2,1-6H3,(H,41,43)(H,44,51)(H,45,52)(H,46,54)(H,47,53)(H,48,55)(H,49,50)(H,56,57)/t21?,22?,26-,28-,29-,30-,32-,33-/m0/s1. The predicted octanol–water partition coefficient (Wildman–Crippen LogP) is 1.13. The number of hydrogen-bond donors (Lipinski definition) is 10. The van der Waals surface area contributed by atoms with E-state index in [0.29, 0.717) is 24.1 Å². The first-order chi connectivity index (χ1) is 26.9. The average molecular weight is 796 g/mol. The van der Waals surface area contributed by atoms with Crippen LogP contribution in [0, 0.1) is 17.8 Å². The molecule has 57 heavy (non-hydrogen) atoms. The monoisotopic (exact) mass is 795 g/mol. The first-order valence-corrected chi connectivity index (χ1v) is 19.2. The lowest BCUT2D eigenvalue weighted by Crippen LogP contribution is -2.61. The number of fused-ring (bicyclic) bond motifs is 1. The maximum atomic E-state index is 13.9. The summed E-state index contributed by atoms with van der Waals surface area (Å²) >= 11 is 0. The van der Waals surface area contributed by atoms with E-state index in [0.717, 1.165) is 10.9 Å². The zero-order valence-electron chi connectivity index (χ0n) is 33.3. The minimum atomic E-state index is -1.66. The van der Waals surface area contributed by atoms with Crippen LogP contribution in [-0.2, 0) is 46.4 Å². The largest absolute Gasteiger partial charge is 0.481 e. The first-order valence-electron chi connectivity index (χ1n) is 19.2. The van der Waals surface area contributed by atoms with Gasteiger partial charge in [0.2, 0.25) is 29.5 Å². The van der Waals surface area contributed by atoms with Crippen LogP contribution in [-0.4, -0.2) is 103 Å². The molecule has 18 heteroatoms. The zero-order valence-corrected chi connectivity index (χ0v) is 33.3. The fourth-order valence-electron chi connectivity index (χ4n) is 6.25. The summed E-state index contributed by atoms with van der Waals surface area (Å²) in [5.74, 6) is -7.76. The van der Waals surface area contributed by atoms with E-state index in [1.807, 2.05) is 38.1 Å². The summed E-state index contributed by atoms with van der Waals surface area (Å²) in [6.07, 6.45) is 4.79. The number of para-hydroxylation sites is 1. The molecule has 5 amide bonds. The Morgan fingerprint density at radius 3 is 1.84 bits per heavy atom. The molecule has 11 N–H and O–H groups in total. The fraction of sp³-hybridized carbons (Fsp3) is 0.538. The lowest BCUT2D eigenvalue weighted by Gasteiger charge is -2.30. The summed E-state index contributed by atoms with van der Waals surface area (Å²) in [7, 11) is 0. The summed E-state index contributed by atoms with van der Waals surface area (Å²) in [6.45, 7) is 10.6. The van der Waals surface area contributed by atoms with Crippen LogP contribution in [0.25, 0.3) is 10.9 Å². The van der Waals surface area contributed by atoms with Gasteiger partial charge in [-0.15, -0.1) is 0 Å². The number of nitrogens with one attached hydrogen (secondary N) is 7. The number of hydrogen-bond acceptors (Lipinski definition) is 9. The highest BCUT2D eigenvalue weighted by Crippen LogP contribution is 2.20. The number of carboxylic acids is 2. The van der Waals surface area contributed by atoms with Crippen molar-refractivity contribution < 1.29 is 43.8 Å². The lowest BCUT2D eigenvalue weighted by atomic mass is 9.94. The van der Waals surface area contributed by atoms with E-state index in [9.17, 15) is 43.8 Å². The molecule has 0 bridgehead atoms. The van der Waals surface area contributed by atoms with E-state index in [1.54, 1.807) is 33.9 Å². The van der Waals surface area contributed by atoms with Crippen LogP contribution >= 0.6 is 0 Å². The second kappa shape index (κ2) is 21.5. The summed E-state index contributed by atoms with van der Waals surface area (Å²) in [5.41, 5.74) is 8.15. The molecule has 0 radical (unpaired) electrons. The van der Waals surface area contributed by atoms with Gasteiger partial charge in [0.15, 0.2) is 0 Å². The van der Waals surface area contributed by atoms with E-state index < -0.39 is 96.0 Å². The lowest BCUT2D eigenvalue weighted by molar-refractivity contribution is -0.142. The van der Waals surface area contributed by atoms with Gasteiger partial charge in [0, 0.05) is 41.8 Å². The van der Waals surface area contributed by atoms with Gasteiger partial charge in [-0.25, -0.2) is 9.78 Å². The smallest absolute Gasteiger partial charge is 0.326 e. The van der Waals surface area contributed by atoms with Crippen molar-refractivity contribution in [1.29, 1.82) is 0 Å². The number of carbonyl (C=O) groups excluding carboxylic acids is 5. The molecule has 8 atom stereocenters. The average Bonchev–Trinajstić information content (AvgIpc) is 3.83. The minimum Gasteiger partial charge on any atom is -0.481 e. The van der Waals surface area contributed by atoms with E-state index in [1.165, 1.54) is 12.5 Å². The molecule has 18 nitrogen and oxygen atoms in total. The molecule has 0 spiro atoms. The molecule has 3 rings (SSSR count). The fourth-order valence-corrected chi connectivity index (χ4v) is 6.25. The molecule has 2 unspecified atom stereocenters. The number of imidazole rings is 1. The number of rotatable bonds is 23. The Kier molecular flexibility index (Phi) is 17.2. The van der Waals surface area contributed by atoms with E-state index in [-0.39, 0.29) is 25.2 Å². The summed E-state index contributed by atoms with van der Waals surface area (Å²) in [5, 5.41) is 33.4. The third kappa shape index (κ3) is 13.4. The van der Waals surface area contributed by atoms with Crippen molar-refractivity contribution in [3.05, 3.63) is 54.2 Å². The molecule has 0 fully saturated rings. The van der Waals surface area contributed by atoms with Gasteiger partial charge in [-0.05, 0) is 35.8 Å². The van der Waals surface area contributed by atoms with Gasteiger partial charge in [-0.2, -0.15) is 0 Å². The third-order valence-electron chi connectivity index (χ3n) is 9.98. The molecule has 0 saturated carbocycles. The van der Waals surface area contributed by atoms with Crippen molar-refractivity contribution in [2.45, 2.75) is 116 Å². The van der Waals surface area contributed by atoms with Crippen LogP contribution in [0.3, 0.4) is 0 Å². The highest BCUT2D eigenvalue weighted by molar-refractivity contribution is 5.97. The number of aliphatic carboxylic acids is 2. The van der Waals surface area contributed by atoms with Crippen molar-refractivity contribution in [2.24, 2.45) is 23.5 Å². The first kappa shape index (κ1) is 45.6. The van der Waals surface area contributed by atoms with Crippen LogP contribution in [0.5, 0.6) is 0 Å². The van der Waals surface area contributed by atoms with Crippen LogP contribution in [0.15, 0.2) is 43.0 Å². The molecular weight excluding hydrogens is 738 g/mol. The van der Waals surface area contributed by atoms with E-state index in [4.69, 9.17) is 5.73 Å². The minimum absolute atomic E-state index is 0.0335. The quantitative estimate of drug-likeness (QED) is 0.0649. The second-order valence-corrected chi connectivity index (χ2v) is 14.9. The molecule has 0 aliphatic heterocycles. The summed E-state index contributed by atoms with van der Waals surface area (Å²) < 4.78 is 0. The Morgan fingerprint density at radius 2 is 1.28 bits per heavy atom. The topological polar surface area (TPSA) is 291 Å². The van der Waals surface area contributed by atoms with Gasteiger partial charge >= 0.3 is 11.9 Å². The molecule has 1 aromatic carbocycles. The van der Waals surface area contributed by atoms with Crippen molar-refractivity contribution in [2.75, 3.05) is 0 Å².